The zero-order chi connectivity index (χ0) is 13.0. The summed E-state index contributed by atoms with van der Waals surface area (Å²) in [6.45, 7) is 0. The van der Waals surface area contributed by atoms with Gasteiger partial charge in [0.15, 0.2) is 0 Å². The van der Waals surface area contributed by atoms with E-state index in [1.54, 1.807) is 11.8 Å². The van der Waals surface area contributed by atoms with Crippen LogP contribution < -0.4 is 4.74 Å². The van der Waals surface area contributed by atoms with E-state index < -0.39 is 0 Å². The summed E-state index contributed by atoms with van der Waals surface area (Å²) in [5, 5.41) is 1.43. The normalized spacial score (nSPS) is 10.4. The zero-order valence-electron chi connectivity index (χ0n) is 9.82. The molecule has 0 aliphatic rings. The lowest BCUT2D eigenvalue weighted by molar-refractivity contribution is 0.467. The second-order valence-corrected chi connectivity index (χ2v) is 5.48. The van der Waals surface area contributed by atoms with Crippen LogP contribution in [-0.4, -0.2) is 6.26 Å². The number of thioether (sulfide) groups is 1. The van der Waals surface area contributed by atoms with Gasteiger partial charge in [-0.05, 0) is 36.6 Å². The van der Waals surface area contributed by atoms with Crippen molar-refractivity contribution in [1.82, 2.24) is 0 Å². The van der Waals surface area contributed by atoms with E-state index in [1.165, 1.54) is 0 Å². The highest BCUT2D eigenvalue weighted by Gasteiger charge is 2.07. The van der Waals surface area contributed by atoms with Crippen LogP contribution in [0.15, 0.2) is 47.4 Å². The van der Waals surface area contributed by atoms with E-state index in [2.05, 4.69) is 15.9 Å². The van der Waals surface area contributed by atoms with Gasteiger partial charge in [-0.1, -0.05) is 39.7 Å². The van der Waals surface area contributed by atoms with Crippen molar-refractivity contribution in [3.05, 3.63) is 53.1 Å². The van der Waals surface area contributed by atoms with Crippen molar-refractivity contribution in [1.29, 1.82) is 0 Å². The van der Waals surface area contributed by atoms with Gasteiger partial charge < -0.3 is 4.74 Å². The molecule has 18 heavy (non-hydrogen) atoms. The Kier molecular flexibility index (Phi) is 4.98. The minimum atomic E-state index is 0.713. The van der Waals surface area contributed by atoms with Gasteiger partial charge in [0, 0.05) is 20.8 Å². The molecule has 2 aromatic rings. The van der Waals surface area contributed by atoms with E-state index in [0.717, 1.165) is 27.0 Å². The monoisotopic (exact) mass is 342 g/mol. The molecule has 0 aromatic heterocycles. The van der Waals surface area contributed by atoms with Crippen LogP contribution in [0.2, 0.25) is 5.02 Å². The van der Waals surface area contributed by atoms with E-state index >= 15 is 0 Å². The summed E-state index contributed by atoms with van der Waals surface area (Å²) in [5.74, 6) is 1.70. The summed E-state index contributed by atoms with van der Waals surface area (Å²) in [6.07, 6.45) is 2.04. The molecule has 0 fully saturated rings. The molecule has 0 N–H and O–H groups in total. The van der Waals surface area contributed by atoms with Crippen molar-refractivity contribution >= 4 is 39.3 Å². The minimum absolute atomic E-state index is 0.713. The van der Waals surface area contributed by atoms with Gasteiger partial charge in [0.2, 0.25) is 0 Å². The van der Waals surface area contributed by atoms with Crippen LogP contribution in [0.25, 0.3) is 0 Å². The molecule has 4 heteroatoms. The summed E-state index contributed by atoms with van der Waals surface area (Å²) in [6, 6.07) is 13.6. The summed E-state index contributed by atoms with van der Waals surface area (Å²) in [4.78, 5) is 1.12. The third kappa shape index (κ3) is 3.22. The maximum Gasteiger partial charge on any atom is 0.140 e. The van der Waals surface area contributed by atoms with Gasteiger partial charge in [0.1, 0.15) is 11.5 Å². The molecule has 2 rings (SSSR count). The fourth-order valence-electron chi connectivity index (χ4n) is 1.57. The van der Waals surface area contributed by atoms with Gasteiger partial charge in [0.05, 0.1) is 0 Å². The quantitative estimate of drug-likeness (QED) is 0.516. The first-order valence-corrected chi connectivity index (χ1v) is 8.12. The third-order valence-corrected chi connectivity index (χ3v) is 4.07. The Morgan fingerprint density at radius 2 is 1.94 bits per heavy atom. The minimum Gasteiger partial charge on any atom is -0.456 e. The molecule has 0 spiro atoms. The van der Waals surface area contributed by atoms with Gasteiger partial charge >= 0.3 is 0 Å². The molecule has 94 valence electrons. The lowest BCUT2D eigenvalue weighted by atomic mass is 10.2. The standard InChI is InChI=1S/C14H12BrClOS/c1-18-14-5-3-2-4-13(14)17-12-7-6-11(16)8-10(12)9-15/h2-8H,9H2,1H3. The molecule has 0 aliphatic heterocycles. The van der Waals surface area contributed by atoms with Crippen molar-refractivity contribution < 1.29 is 4.74 Å². The predicted octanol–water partition coefficient (Wildman–Crippen LogP) is 5.75. The zero-order valence-corrected chi connectivity index (χ0v) is 13.0. The van der Waals surface area contributed by atoms with Crippen LogP contribution in [0, 0.1) is 0 Å². The number of rotatable bonds is 4. The number of halogens is 2. The van der Waals surface area contributed by atoms with Crippen molar-refractivity contribution in [2.24, 2.45) is 0 Å². The Morgan fingerprint density at radius 3 is 2.67 bits per heavy atom. The molecular weight excluding hydrogens is 332 g/mol. The molecule has 1 nitrogen and oxygen atoms in total. The Hall–Kier alpha value is -0.640. The molecule has 0 unspecified atom stereocenters. The molecule has 2 aromatic carbocycles. The number of benzene rings is 2. The lowest BCUT2D eigenvalue weighted by Crippen LogP contribution is -1.91. The van der Waals surface area contributed by atoms with E-state index in [1.807, 2.05) is 48.7 Å². The van der Waals surface area contributed by atoms with Crippen LogP contribution in [0.1, 0.15) is 5.56 Å². The van der Waals surface area contributed by atoms with Gasteiger partial charge in [-0.25, -0.2) is 0 Å². The average Bonchev–Trinajstić information content (AvgIpc) is 2.41. The van der Waals surface area contributed by atoms with E-state index in [-0.39, 0.29) is 0 Å². The smallest absolute Gasteiger partial charge is 0.140 e. The van der Waals surface area contributed by atoms with Crippen LogP contribution in [-0.2, 0) is 5.33 Å². The fraction of sp³-hybridized carbons (Fsp3) is 0.143. The van der Waals surface area contributed by atoms with Gasteiger partial charge in [0.25, 0.3) is 0 Å². The summed E-state index contributed by atoms with van der Waals surface area (Å²) in [5.41, 5.74) is 1.04. The first-order valence-electron chi connectivity index (χ1n) is 5.40. The lowest BCUT2D eigenvalue weighted by Gasteiger charge is -2.12. The Bertz CT molecular complexity index is 545. The van der Waals surface area contributed by atoms with Crippen molar-refractivity contribution in [2.75, 3.05) is 6.26 Å². The molecule has 0 saturated heterocycles. The molecule has 0 bridgehead atoms. The maximum absolute atomic E-state index is 5.98. The van der Waals surface area contributed by atoms with Crippen LogP contribution in [0.3, 0.4) is 0 Å². The van der Waals surface area contributed by atoms with E-state index in [9.17, 15) is 0 Å². The fourth-order valence-corrected chi connectivity index (χ4v) is 2.73. The Labute approximate surface area is 125 Å². The summed E-state index contributed by atoms with van der Waals surface area (Å²) >= 11 is 11.1. The second-order valence-electron chi connectivity index (χ2n) is 3.64. The highest BCUT2D eigenvalue weighted by molar-refractivity contribution is 9.08. The molecule has 0 amide bonds. The van der Waals surface area contributed by atoms with Gasteiger partial charge in [-0.2, -0.15) is 0 Å². The highest BCUT2D eigenvalue weighted by Crippen LogP contribution is 2.34. The van der Waals surface area contributed by atoms with Crippen molar-refractivity contribution in [3.63, 3.8) is 0 Å². The molecule has 0 atom stereocenters. The van der Waals surface area contributed by atoms with Crippen LogP contribution in [0.4, 0.5) is 0 Å². The average molecular weight is 344 g/mol. The molecule has 0 aliphatic carbocycles. The second kappa shape index (κ2) is 6.50. The molecule has 0 saturated carbocycles. The summed E-state index contributed by atoms with van der Waals surface area (Å²) in [7, 11) is 0. The SMILES string of the molecule is CSc1ccccc1Oc1ccc(Cl)cc1CBr. The first kappa shape index (κ1) is 13.8. The Morgan fingerprint density at radius 1 is 1.17 bits per heavy atom. The largest absolute Gasteiger partial charge is 0.456 e. The third-order valence-electron chi connectivity index (χ3n) is 2.46. The highest BCUT2D eigenvalue weighted by atomic mass is 79.9. The first-order chi connectivity index (χ1) is 8.74. The summed E-state index contributed by atoms with van der Waals surface area (Å²) < 4.78 is 5.97. The number of para-hydroxylation sites is 1. The molecule has 0 radical (unpaired) electrons. The number of hydrogen-bond acceptors (Lipinski definition) is 2. The Balaban J connectivity index is 2.33. The molecule has 0 heterocycles. The number of hydrogen-bond donors (Lipinski definition) is 0. The van der Waals surface area contributed by atoms with Gasteiger partial charge in [-0.3, -0.25) is 0 Å². The number of ether oxygens (including phenoxy) is 1. The van der Waals surface area contributed by atoms with E-state index in [4.69, 9.17) is 16.3 Å². The molecular formula is C14H12BrClOS. The van der Waals surface area contributed by atoms with Crippen molar-refractivity contribution in [2.45, 2.75) is 10.2 Å². The van der Waals surface area contributed by atoms with Crippen molar-refractivity contribution in [3.8, 4) is 11.5 Å². The van der Waals surface area contributed by atoms with Gasteiger partial charge in [-0.15, -0.1) is 11.8 Å². The van der Waals surface area contributed by atoms with Crippen LogP contribution >= 0.6 is 39.3 Å². The topological polar surface area (TPSA) is 9.23 Å². The number of alkyl halides is 1. The van der Waals surface area contributed by atoms with E-state index in [0.29, 0.717) is 5.33 Å². The maximum atomic E-state index is 5.98. The predicted molar refractivity (Wildman–Crippen MR) is 82.4 cm³/mol. The van der Waals surface area contributed by atoms with Crippen LogP contribution in [0.5, 0.6) is 11.5 Å².